The lowest BCUT2D eigenvalue weighted by Gasteiger charge is -2.37. The highest BCUT2D eigenvalue weighted by atomic mass is 16.5. The quantitative estimate of drug-likeness (QED) is 0.560. The fraction of sp³-hybridized carbons (Fsp3) is 0.607. The molecule has 174 valence electrons. The maximum atomic E-state index is 11.0. The van der Waals surface area contributed by atoms with Crippen molar-refractivity contribution in [1.82, 2.24) is 4.90 Å². The van der Waals surface area contributed by atoms with E-state index in [9.17, 15) is 4.79 Å². The van der Waals surface area contributed by atoms with E-state index in [0.717, 1.165) is 57.0 Å². The van der Waals surface area contributed by atoms with Gasteiger partial charge in [-0.15, -0.1) is 0 Å². The molecule has 0 aromatic heterocycles. The van der Waals surface area contributed by atoms with Crippen LogP contribution in [0.3, 0.4) is 0 Å². The van der Waals surface area contributed by atoms with Crippen molar-refractivity contribution in [2.24, 2.45) is 17.3 Å². The first-order chi connectivity index (χ1) is 15.3. The number of hydrogen-bond acceptors (Lipinski definition) is 3. The Labute approximate surface area is 192 Å². The van der Waals surface area contributed by atoms with E-state index in [1.165, 1.54) is 29.2 Å². The number of carboxylic acid groups (broad SMARTS) is 1. The summed E-state index contributed by atoms with van der Waals surface area (Å²) in [5.74, 6) is 1.45. The lowest BCUT2D eigenvalue weighted by atomic mass is 9.72. The highest BCUT2D eigenvalue weighted by Gasteiger charge is 2.30. The van der Waals surface area contributed by atoms with Gasteiger partial charge in [-0.25, -0.2) is 0 Å². The van der Waals surface area contributed by atoms with E-state index in [4.69, 9.17) is 9.84 Å². The third-order valence-electron chi connectivity index (χ3n) is 7.71. The summed E-state index contributed by atoms with van der Waals surface area (Å²) in [6.45, 7) is 9.96. The van der Waals surface area contributed by atoms with E-state index in [-0.39, 0.29) is 0 Å². The van der Waals surface area contributed by atoms with Gasteiger partial charge in [0.2, 0.25) is 0 Å². The topological polar surface area (TPSA) is 49.8 Å². The molecule has 1 N–H and O–H groups in total. The summed E-state index contributed by atoms with van der Waals surface area (Å²) in [6.07, 6.45) is 7.42. The first kappa shape index (κ1) is 23.1. The number of likely N-dealkylation sites (tertiary alicyclic amines) is 1. The summed E-state index contributed by atoms with van der Waals surface area (Å²) in [4.78, 5) is 13.4. The van der Waals surface area contributed by atoms with Crippen LogP contribution in [0.2, 0.25) is 0 Å². The summed E-state index contributed by atoms with van der Waals surface area (Å²) in [7, 11) is 0. The Morgan fingerprint density at radius 1 is 1.03 bits per heavy atom. The minimum atomic E-state index is -0.669. The van der Waals surface area contributed by atoms with Gasteiger partial charge in [0.1, 0.15) is 5.75 Å². The Kier molecular flexibility index (Phi) is 7.09. The van der Waals surface area contributed by atoms with Gasteiger partial charge in [0.15, 0.2) is 0 Å². The third kappa shape index (κ3) is 5.83. The summed E-state index contributed by atoms with van der Waals surface area (Å²) < 4.78 is 6.40. The molecule has 1 aliphatic heterocycles. The minimum Gasteiger partial charge on any atom is -0.490 e. The van der Waals surface area contributed by atoms with Gasteiger partial charge in [0.25, 0.3) is 0 Å². The number of carbonyl (C=O) groups is 1. The van der Waals surface area contributed by atoms with Crippen LogP contribution in [-0.4, -0.2) is 35.2 Å². The minimum absolute atomic E-state index is 0.308. The Bertz CT molecular complexity index is 916. The molecular weight excluding hydrogens is 398 g/mol. The van der Waals surface area contributed by atoms with Crippen LogP contribution in [0.4, 0.5) is 0 Å². The number of benzene rings is 2. The van der Waals surface area contributed by atoms with Crippen molar-refractivity contribution in [1.29, 1.82) is 0 Å². The summed E-state index contributed by atoms with van der Waals surface area (Å²) in [5.41, 5.74) is 1.74. The van der Waals surface area contributed by atoms with Crippen LogP contribution in [0.15, 0.2) is 36.4 Å². The smallest absolute Gasteiger partial charge is 0.303 e. The van der Waals surface area contributed by atoms with Gasteiger partial charge >= 0.3 is 5.97 Å². The van der Waals surface area contributed by atoms with Crippen molar-refractivity contribution < 1.29 is 14.6 Å². The van der Waals surface area contributed by atoms with Crippen molar-refractivity contribution in [2.45, 2.75) is 78.4 Å². The van der Waals surface area contributed by atoms with Crippen LogP contribution >= 0.6 is 0 Å². The van der Waals surface area contributed by atoms with E-state index in [1.807, 2.05) is 0 Å². The SMILES string of the molecule is CC(C)(C)[C@H]1CC[C@H](Oc2ccc3c(CN4CCC(CC(=O)O)CC4)cccc3c2)CC1. The highest BCUT2D eigenvalue weighted by molar-refractivity contribution is 5.87. The molecule has 1 saturated carbocycles. The second-order valence-electron chi connectivity index (χ2n) is 11.1. The maximum absolute atomic E-state index is 11.0. The summed E-state index contributed by atoms with van der Waals surface area (Å²) in [6, 6.07) is 13.1. The molecule has 2 aromatic rings. The fourth-order valence-corrected chi connectivity index (χ4v) is 5.62. The van der Waals surface area contributed by atoms with E-state index in [2.05, 4.69) is 62.1 Å². The molecule has 0 atom stereocenters. The molecule has 4 heteroatoms. The largest absolute Gasteiger partial charge is 0.490 e. The average molecular weight is 438 g/mol. The number of fused-ring (bicyclic) bond motifs is 1. The Morgan fingerprint density at radius 3 is 2.41 bits per heavy atom. The molecule has 32 heavy (non-hydrogen) atoms. The van der Waals surface area contributed by atoms with Crippen LogP contribution in [0.5, 0.6) is 5.75 Å². The molecule has 2 aromatic carbocycles. The zero-order valence-corrected chi connectivity index (χ0v) is 20.0. The molecule has 4 rings (SSSR count). The van der Waals surface area contributed by atoms with Gasteiger partial charge in [-0.05, 0) is 97.3 Å². The molecule has 2 aliphatic rings. The van der Waals surface area contributed by atoms with Crippen molar-refractivity contribution in [3.8, 4) is 5.75 Å². The van der Waals surface area contributed by atoms with Crippen LogP contribution in [0.1, 0.15) is 71.3 Å². The van der Waals surface area contributed by atoms with E-state index >= 15 is 0 Å². The van der Waals surface area contributed by atoms with Gasteiger partial charge in [-0.2, -0.15) is 0 Å². The van der Waals surface area contributed by atoms with Gasteiger partial charge in [-0.3, -0.25) is 9.69 Å². The second-order valence-corrected chi connectivity index (χ2v) is 11.1. The fourth-order valence-electron chi connectivity index (χ4n) is 5.62. The molecule has 4 nitrogen and oxygen atoms in total. The first-order valence-corrected chi connectivity index (χ1v) is 12.4. The molecule has 1 saturated heterocycles. The third-order valence-corrected chi connectivity index (χ3v) is 7.71. The number of nitrogens with zero attached hydrogens (tertiary/aromatic N) is 1. The molecule has 0 bridgehead atoms. The molecule has 0 unspecified atom stereocenters. The van der Waals surface area contributed by atoms with Crippen molar-refractivity contribution in [3.05, 3.63) is 42.0 Å². The van der Waals surface area contributed by atoms with E-state index in [0.29, 0.717) is 23.9 Å². The zero-order chi connectivity index (χ0) is 22.7. The van der Waals surface area contributed by atoms with Crippen LogP contribution in [0.25, 0.3) is 10.8 Å². The first-order valence-electron chi connectivity index (χ1n) is 12.4. The number of ether oxygens (including phenoxy) is 1. The van der Waals surface area contributed by atoms with Crippen molar-refractivity contribution in [2.75, 3.05) is 13.1 Å². The zero-order valence-electron chi connectivity index (χ0n) is 20.0. The monoisotopic (exact) mass is 437 g/mol. The molecular formula is C28H39NO3. The Morgan fingerprint density at radius 2 is 1.75 bits per heavy atom. The lowest BCUT2D eigenvalue weighted by Crippen LogP contribution is -2.33. The van der Waals surface area contributed by atoms with Crippen molar-refractivity contribution in [3.63, 3.8) is 0 Å². The molecule has 0 radical (unpaired) electrons. The van der Waals surface area contributed by atoms with E-state index < -0.39 is 5.97 Å². The Balaban J connectivity index is 1.36. The molecule has 2 fully saturated rings. The summed E-state index contributed by atoms with van der Waals surface area (Å²) >= 11 is 0. The number of rotatable bonds is 6. The second kappa shape index (κ2) is 9.82. The molecule has 0 amide bonds. The van der Waals surface area contributed by atoms with Crippen LogP contribution in [0, 0.1) is 17.3 Å². The normalized spacial score (nSPS) is 23.3. The average Bonchev–Trinajstić information content (AvgIpc) is 2.74. The standard InChI is InChI=1S/C28H39NO3/c1-28(2,3)23-7-9-24(10-8-23)32-25-11-12-26-21(18-25)5-4-6-22(26)19-29-15-13-20(14-16-29)17-27(30)31/h4-6,11-12,18,20,23-24H,7-10,13-17,19H2,1-3H3,(H,30,31)/t23-,24-. The van der Waals surface area contributed by atoms with Gasteiger partial charge < -0.3 is 9.84 Å². The van der Waals surface area contributed by atoms with Crippen molar-refractivity contribution >= 4 is 16.7 Å². The van der Waals surface area contributed by atoms with Gasteiger partial charge in [0, 0.05) is 13.0 Å². The Hall–Kier alpha value is -2.07. The summed E-state index contributed by atoms with van der Waals surface area (Å²) in [5, 5.41) is 11.6. The number of carboxylic acids is 1. The maximum Gasteiger partial charge on any atom is 0.303 e. The van der Waals surface area contributed by atoms with Gasteiger partial charge in [-0.1, -0.05) is 45.0 Å². The van der Waals surface area contributed by atoms with E-state index in [1.54, 1.807) is 0 Å². The number of aliphatic carboxylic acids is 1. The molecule has 1 aliphatic carbocycles. The van der Waals surface area contributed by atoms with Crippen LogP contribution < -0.4 is 4.74 Å². The highest BCUT2D eigenvalue weighted by Crippen LogP contribution is 2.39. The molecule has 1 heterocycles. The number of hydrogen-bond donors (Lipinski definition) is 1. The lowest BCUT2D eigenvalue weighted by molar-refractivity contribution is -0.138. The van der Waals surface area contributed by atoms with Crippen LogP contribution in [-0.2, 0) is 11.3 Å². The predicted octanol–water partition coefficient (Wildman–Crippen LogP) is 6.51. The number of piperidine rings is 1. The molecule has 0 spiro atoms. The predicted molar refractivity (Wildman–Crippen MR) is 130 cm³/mol. The van der Waals surface area contributed by atoms with Gasteiger partial charge in [0.05, 0.1) is 6.10 Å².